The highest BCUT2D eigenvalue weighted by atomic mass is 16.6. The first-order valence-corrected chi connectivity index (χ1v) is 10.8. The lowest BCUT2D eigenvalue weighted by Crippen LogP contribution is -2.16. The Labute approximate surface area is 199 Å². The number of anilines is 1. The predicted octanol–water partition coefficient (Wildman–Crippen LogP) is 4.09. The van der Waals surface area contributed by atoms with Crippen LogP contribution in [0, 0.1) is 24.0 Å². The number of benzene rings is 2. The number of hydrogen-bond acceptors (Lipinski definition) is 7. The summed E-state index contributed by atoms with van der Waals surface area (Å²) in [6.45, 7) is 4.03. The molecule has 3 aromatic heterocycles. The minimum Gasteiger partial charge on any atom is -0.361 e. The van der Waals surface area contributed by atoms with Gasteiger partial charge in [0.15, 0.2) is 5.69 Å². The summed E-state index contributed by atoms with van der Waals surface area (Å²) in [4.78, 5) is 23.4. The zero-order valence-corrected chi connectivity index (χ0v) is 19.0. The van der Waals surface area contributed by atoms with Gasteiger partial charge in [0.25, 0.3) is 5.91 Å². The van der Waals surface area contributed by atoms with Crippen molar-refractivity contribution in [1.29, 1.82) is 0 Å². The first-order chi connectivity index (χ1) is 16.9. The van der Waals surface area contributed by atoms with Gasteiger partial charge >= 0.3 is 5.82 Å². The molecule has 0 unspecified atom stereocenters. The second-order valence-corrected chi connectivity index (χ2v) is 8.14. The fourth-order valence-corrected chi connectivity index (χ4v) is 3.96. The molecule has 1 N–H and O–H groups in total. The van der Waals surface area contributed by atoms with Crippen molar-refractivity contribution in [1.82, 2.24) is 24.7 Å². The summed E-state index contributed by atoms with van der Waals surface area (Å²) in [7, 11) is 0. The van der Waals surface area contributed by atoms with Gasteiger partial charge in [-0.05, 0) is 35.1 Å². The molecule has 3 heterocycles. The largest absolute Gasteiger partial charge is 0.390 e. The van der Waals surface area contributed by atoms with Gasteiger partial charge in [-0.3, -0.25) is 9.48 Å². The van der Waals surface area contributed by atoms with Gasteiger partial charge in [0.05, 0.1) is 47.4 Å². The number of fused-ring (bicyclic) bond motifs is 1. The molecule has 0 aliphatic rings. The Morgan fingerprint density at radius 3 is 2.74 bits per heavy atom. The molecular weight excluding hydrogens is 450 g/mol. The maximum Gasteiger partial charge on any atom is 0.390 e. The van der Waals surface area contributed by atoms with E-state index in [2.05, 4.69) is 38.9 Å². The van der Waals surface area contributed by atoms with Crippen molar-refractivity contribution in [3.05, 3.63) is 99.3 Å². The topological polar surface area (TPSA) is 134 Å². The molecule has 11 nitrogen and oxygen atoms in total. The van der Waals surface area contributed by atoms with Crippen LogP contribution in [0.4, 0.5) is 11.5 Å². The first-order valence-electron chi connectivity index (χ1n) is 10.8. The predicted molar refractivity (Wildman–Crippen MR) is 127 cm³/mol. The van der Waals surface area contributed by atoms with E-state index in [1.54, 1.807) is 30.9 Å². The van der Waals surface area contributed by atoms with E-state index >= 15 is 0 Å². The highest BCUT2D eigenvalue weighted by Crippen LogP contribution is 2.21. The first kappa shape index (κ1) is 22.0. The molecule has 0 saturated carbocycles. The number of nitrogens with one attached hydrogen (secondary N) is 1. The van der Waals surface area contributed by atoms with Crippen LogP contribution in [0.1, 0.15) is 33.1 Å². The Bertz CT molecular complexity index is 1560. The maximum atomic E-state index is 13.0. The van der Waals surface area contributed by atoms with Crippen molar-refractivity contribution in [2.24, 2.45) is 0 Å². The van der Waals surface area contributed by atoms with Crippen LogP contribution in [0.15, 0.2) is 65.4 Å². The summed E-state index contributed by atoms with van der Waals surface area (Å²) < 4.78 is 8.43. The van der Waals surface area contributed by atoms with E-state index in [4.69, 9.17) is 4.52 Å². The van der Waals surface area contributed by atoms with E-state index in [9.17, 15) is 14.9 Å². The van der Waals surface area contributed by atoms with Gasteiger partial charge in [0.1, 0.15) is 5.76 Å². The third-order valence-electron chi connectivity index (χ3n) is 5.77. The number of amides is 1. The monoisotopic (exact) mass is 471 g/mol. The quantitative estimate of drug-likeness (QED) is 0.279. The number of aromatic nitrogens is 5. The zero-order valence-electron chi connectivity index (χ0n) is 19.0. The molecule has 0 bridgehead atoms. The van der Waals surface area contributed by atoms with E-state index < -0.39 is 10.8 Å². The van der Waals surface area contributed by atoms with Crippen LogP contribution < -0.4 is 5.32 Å². The average molecular weight is 471 g/mol. The molecule has 5 aromatic rings. The third kappa shape index (κ3) is 4.38. The van der Waals surface area contributed by atoms with Crippen molar-refractivity contribution >= 4 is 28.2 Å². The molecule has 0 atom stereocenters. The molecule has 0 aliphatic heterocycles. The summed E-state index contributed by atoms with van der Waals surface area (Å²) in [5.41, 5.74) is 2.78. The van der Waals surface area contributed by atoms with Gasteiger partial charge in [0, 0.05) is 6.20 Å². The number of hydrogen-bond donors (Lipinski definition) is 1. The summed E-state index contributed by atoms with van der Waals surface area (Å²) in [6.07, 6.45) is 3.31. The minimum atomic E-state index is -0.562. The smallest absolute Gasteiger partial charge is 0.361 e. The molecule has 0 spiro atoms. The Hall–Kier alpha value is -4.80. The van der Waals surface area contributed by atoms with Crippen LogP contribution in [0.25, 0.3) is 10.8 Å². The lowest BCUT2D eigenvalue weighted by Gasteiger charge is -2.06. The number of carbonyl (C=O) groups is 1. The second-order valence-electron chi connectivity index (χ2n) is 8.14. The number of carbonyl (C=O) groups excluding carboxylic acids is 1. The van der Waals surface area contributed by atoms with E-state index in [-0.39, 0.29) is 18.1 Å². The SMILES string of the molecule is Cc1onc(C(=O)Nc2cnn(Cc3cccc4ccccc34)c2)c1Cn1nc([N+](=O)[O-])cc1C. The highest BCUT2D eigenvalue weighted by molar-refractivity contribution is 6.03. The summed E-state index contributed by atoms with van der Waals surface area (Å²) >= 11 is 0. The zero-order chi connectivity index (χ0) is 24.5. The van der Waals surface area contributed by atoms with Crippen LogP contribution in [0.2, 0.25) is 0 Å². The van der Waals surface area contributed by atoms with Crippen LogP contribution in [-0.4, -0.2) is 35.5 Å². The van der Waals surface area contributed by atoms with Crippen LogP contribution >= 0.6 is 0 Å². The van der Waals surface area contributed by atoms with E-state index in [0.29, 0.717) is 29.2 Å². The van der Waals surface area contributed by atoms with Gasteiger partial charge in [-0.1, -0.05) is 47.6 Å². The number of nitrogens with zero attached hydrogens (tertiary/aromatic N) is 6. The van der Waals surface area contributed by atoms with E-state index in [0.717, 1.165) is 16.3 Å². The average Bonchev–Trinajstić information content (AvgIpc) is 3.54. The van der Waals surface area contributed by atoms with Crippen molar-refractivity contribution in [2.75, 3.05) is 5.32 Å². The van der Waals surface area contributed by atoms with Crippen LogP contribution in [0.3, 0.4) is 0 Å². The van der Waals surface area contributed by atoms with Gasteiger partial charge in [-0.25, -0.2) is 0 Å². The summed E-state index contributed by atoms with van der Waals surface area (Å²) in [5.74, 6) is -0.304. The molecule has 2 aromatic carbocycles. The Morgan fingerprint density at radius 1 is 1.14 bits per heavy atom. The van der Waals surface area contributed by atoms with Crippen molar-refractivity contribution < 1.29 is 14.2 Å². The Kier molecular flexibility index (Phi) is 5.57. The Balaban J connectivity index is 1.33. The number of aryl methyl sites for hydroxylation is 2. The lowest BCUT2D eigenvalue weighted by atomic mass is 10.0. The molecule has 0 saturated heterocycles. The Morgan fingerprint density at radius 2 is 1.94 bits per heavy atom. The molecule has 0 aliphatic carbocycles. The number of rotatable bonds is 7. The summed E-state index contributed by atoms with van der Waals surface area (Å²) in [6, 6.07) is 15.6. The normalized spacial score (nSPS) is 11.1. The molecule has 176 valence electrons. The van der Waals surface area contributed by atoms with Crippen molar-refractivity contribution in [3.8, 4) is 0 Å². The lowest BCUT2D eigenvalue weighted by molar-refractivity contribution is -0.389. The van der Waals surface area contributed by atoms with Gasteiger partial charge in [-0.2, -0.15) is 9.78 Å². The van der Waals surface area contributed by atoms with Crippen LogP contribution in [0.5, 0.6) is 0 Å². The standard InChI is InChI=1S/C24H21N7O4/c1-15-10-22(31(33)34)27-30(15)14-21-16(2)35-28-23(21)24(32)26-19-11-25-29(13-19)12-18-8-5-7-17-6-3-4-9-20(17)18/h3-11,13H,12,14H2,1-2H3,(H,26,32). The molecule has 35 heavy (non-hydrogen) atoms. The van der Waals surface area contributed by atoms with Gasteiger partial charge in [0.2, 0.25) is 0 Å². The van der Waals surface area contributed by atoms with Crippen molar-refractivity contribution in [2.45, 2.75) is 26.9 Å². The molecule has 1 amide bonds. The van der Waals surface area contributed by atoms with E-state index in [1.807, 2.05) is 24.3 Å². The molecular formula is C24H21N7O4. The molecule has 11 heteroatoms. The maximum absolute atomic E-state index is 13.0. The molecule has 0 radical (unpaired) electrons. The third-order valence-corrected chi connectivity index (χ3v) is 5.77. The minimum absolute atomic E-state index is 0.0851. The molecule has 0 fully saturated rings. The second kappa shape index (κ2) is 8.86. The molecule has 5 rings (SSSR count). The number of nitro groups is 1. The van der Waals surface area contributed by atoms with Gasteiger partial charge < -0.3 is 20.0 Å². The fourth-order valence-electron chi connectivity index (χ4n) is 3.96. The summed E-state index contributed by atoms with van der Waals surface area (Å²) in [5, 5.41) is 28.4. The highest BCUT2D eigenvalue weighted by Gasteiger charge is 2.24. The van der Waals surface area contributed by atoms with Gasteiger partial charge in [-0.15, -0.1) is 0 Å². The van der Waals surface area contributed by atoms with Crippen LogP contribution in [-0.2, 0) is 13.1 Å². The van der Waals surface area contributed by atoms with E-state index in [1.165, 1.54) is 10.7 Å². The fraction of sp³-hybridized carbons (Fsp3) is 0.167. The van der Waals surface area contributed by atoms with Crippen molar-refractivity contribution in [3.63, 3.8) is 0 Å².